The van der Waals surface area contributed by atoms with Crippen molar-refractivity contribution in [3.05, 3.63) is 83.0 Å². The Bertz CT molecular complexity index is 3110. The second-order valence-corrected chi connectivity index (χ2v) is 15.7. The molecule has 0 fully saturated rings. The summed E-state index contributed by atoms with van der Waals surface area (Å²) in [5.41, 5.74) is 16.3. The normalized spacial score (nSPS) is 11.5. The Balaban J connectivity index is 1.30. The molecule has 0 radical (unpaired) electrons. The van der Waals surface area contributed by atoms with E-state index in [0.29, 0.717) is 76.5 Å². The Morgan fingerprint density at radius 1 is 0.768 bits per heavy atom. The van der Waals surface area contributed by atoms with Crippen molar-refractivity contribution in [3.8, 4) is 23.0 Å². The lowest BCUT2D eigenvalue weighted by molar-refractivity contribution is -0.140. The molecule has 0 bridgehead atoms. The third-order valence-corrected chi connectivity index (χ3v) is 10.8. The number of nitrogens with one attached hydrogen (secondary N) is 2. The van der Waals surface area contributed by atoms with Crippen molar-refractivity contribution in [3.63, 3.8) is 0 Å². The van der Waals surface area contributed by atoms with Gasteiger partial charge in [0.1, 0.15) is 34.1 Å². The van der Waals surface area contributed by atoms with Crippen molar-refractivity contribution in [2.75, 3.05) is 45.4 Å². The number of carbonyl (C=O) groups excluding carboxylic acids is 4. The van der Waals surface area contributed by atoms with Gasteiger partial charge in [0.2, 0.25) is 17.8 Å². The summed E-state index contributed by atoms with van der Waals surface area (Å²) in [6.07, 6.45) is 5.40. The van der Waals surface area contributed by atoms with Crippen LogP contribution in [0.1, 0.15) is 69.3 Å². The van der Waals surface area contributed by atoms with Crippen LogP contribution in [0, 0.1) is 13.8 Å². The van der Waals surface area contributed by atoms with Crippen molar-refractivity contribution in [1.82, 2.24) is 49.0 Å². The predicted molar refractivity (Wildman–Crippen MR) is 252 cm³/mol. The zero-order valence-corrected chi connectivity index (χ0v) is 38.8. The SMILES string of the molecule is CCn1nc(C)cc1C(=O)Nc1nc2cc(C(N)=O)cc(OCCCNC(=O)OCC(=O)O)c2n1CC=CCn1c2nc(-c3cc(C)nn3CC)ncc2c2cc(C(N)=O)cc(OCCCOC)c21. The minimum Gasteiger partial charge on any atom is -0.491 e. The molecule has 0 saturated carbocycles. The number of hydrogen-bond acceptors (Lipinski definition) is 14. The third-order valence-electron chi connectivity index (χ3n) is 10.8. The lowest BCUT2D eigenvalue weighted by atomic mass is 10.1. The van der Waals surface area contributed by atoms with E-state index in [2.05, 4.69) is 25.6 Å². The summed E-state index contributed by atoms with van der Waals surface area (Å²) in [5.74, 6) is -1.98. The van der Waals surface area contributed by atoms with Crippen LogP contribution in [-0.2, 0) is 40.4 Å². The van der Waals surface area contributed by atoms with Crippen LogP contribution in [0.3, 0.4) is 0 Å². The van der Waals surface area contributed by atoms with E-state index >= 15 is 0 Å². The molecular formula is C46H53N13O10. The maximum Gasteiger partial charge on any atom is 0.407 e. The van der Waals surface area contributed by atoms with Gasteiger partial charge in [0.05, 0.1) is 35.6 Å². The number of carboxylic acid groups (broad SMARTS) is 1. The number of benzene rings is 2. The second-order valence-electron chi connectivity index (χ2n) is 15.7. The Hall–Kier alpha value is -8.34. The number of anilines is 1. The number of primary amides is 2. The molecule has 69 heavy (non-hydrogen) atoms. The van der Waals surface area contributed by atoms with Crippen molar-refractivity contribution in [2.24, 2.45) is 11.5 Å². The molecule has 4 amide bonds. The fourth-order valence-corrected chi connectivity index (χ4v) is 7.74. The molecule has 23 nitrogen and oxygen atoms in total. The molecule has 23 heteroatoms. The van der Waals surface area contributed by atoms with E-state index in [9.17, 15) is 24.0 Å². The number of methoxy groups -OCH3 is 1. The number of amides is 4. The number of nitrogens with two attached hydrogens (primary N) is 2. The van der Waals surface area contributed by atoms with Gasteiger partial charge >= 0.3 is 12.1 Å². The number of fused-ring (bicyclic) bond motifs is 4. The van der Waals surface area contributed by atoms with Crippen molar-refractivity contribution < 1.29 is 48.0 Å². The molecule has 2 aromatic carbocycles. The smallest absolute Gasteiger partial charge is 0.407 e. The molecule has 362 valence electrons. The molecule has 0 aliphatic rings. The number of nitrogens with zero attached hydrogens (tertiary/aromatic N) is 9. The lowest BCUT2D eigenvalue weighted by Crippen LogP contribution is -2.28. The number of hydrogen-bond donors (Lipinski definition) is 5. The zero-order chi connectivity index (χ0) is 49.4. The van der Waals surface area contributed by atoms with E-state index in [1.165, 1.54) is 12.1 Å². The number of carboxylic acids is 1. The highest BCUT2D eigenvalue weighted by molar-refractivity contribution is 6.12. The summed E-state index contributed by atoms with van der Waals surface area (Å²) in [6.45, 7) is 8.94. The Morgan fingerprint density at radius 3 is 2.10 bits per heavy atom. The summed E-state index contributed by atoms with van der Waals surface area (Å²) < 4.78 is 29.5. The van der Waals surface area contributed by atoms with Gasteiger partial charge in [-0.25, -0.2) is 24.5 Å². The fourth-order valence-electron chi connectivity index (χ4n) is 7.74. The number of imidazole rings is 1. The van der Waals surface area contributed by atoms with Crippen molar-refractivity contribution in [2.45, 2.75) is 66.7 Å². The molecule has 5 aromatic heterocycles. The molecule has 0 unspecified atom stereocenters. The van der Waals surface area contributed by atoms with Gasteiger partial charge in [-0.1, -0.05) is 12.2 Å². The minimum atomic E-state index is -1.30. The summed E-state index contributed by atoms with van der Waals surface area (Å²) in [5, 5.41) is 24.5. The van der Waals surface area contributed by atoms with Crippen LogP contribution in [0.5, 0.6) is 11.5 Å². The van der Waals surface area contributed by atoms with E-state index in [0.717, 1.165) is 11.4 Å². The number of aliphatic carboxylic acids is 1. The summed E-state index contributed by atoms with van der Waals surface area (Å²) in [6, 6.07) is 9.86. The van der Waals surface area contributed by atoms with E-state index < -0.39 is 36.4 Å². The Kier molecular flexibility index (Phi) is 15.2. The first-order valence-electron chi connectivity index (χ1n) is 22.1. The summed E-state index contributed by atoms with van der Waals surface area (Å²) >= 11 is 0. The highest BCUT2D eigenvalue weighted by Gasteiger charge is 2.24. The molecule has 7 aromatic rings. The summed E-state index contributed by atoms with van der Waals surface area (Å²) in [4.78, 5) is 76.4. The average molecular weight is 948 g/mol. The van der Waals surface area contributed by atoms with Gasteiger partial charge in [0, 0.05) is 81.0 Å². The maximum atomic E-state index is 13.9. The van der Waals surface area contributed by atoms with Crippen LogP contribution in [0.4, 0.5) is 10.7 Å². The van der Waals surface area contributed by atoms with Gasteiger partial charge < -0.3 is 50.0 Å². The number of alkyl carbamates (subject to hydrolysis) is 1. The number of rotatable bonds is 23. The highest BCUT2D eigenvalue weighted by Crippen LogP contribution is 2.37. The van der Waals surface area contributed by atoms with Crippen molar-refractivity contribution >= 4 is 68.7 Å². The minimum absolute atomic E-state index is 0.0256. The van der Waals surface area contributed by atoms with Gasteiger partial charge in [-0.3, -0.25) is 29.1 Å². The topological polar surface area (TPSA) is 303 Å². The second kappa shape index (κ2) is 21.5. The maximum absolute atomic E-state index is 13.9. The molecule has 7 rings (SSSR count). The van der Waals surface area contributed by atoms with Gasteiger partial charge in [0.25, 0.3) is 5.91 Å². The number of aromatic nitrogens is 9. The highest BCUT2D eigenvalue weighted by atomic mass is 16.6. The van der Waals surface area contributed by atoms with Crippen LogP contribution in [0.2, 0.25) is 0 Å². The predicted octanol–water partition coefficient (Wildman–Crippen LogP) is 4.35. The quantitative estimate of drug-likeness (QED) is 0.0440. The largest absolute Gasteiger partial charge is 0.491 e. The number of carbonyl (C=O) groups is 5. The molecule has 0 atom stereocenters. The molecule has 0 spiro atoms. The molecule has 0 aliphatic carbocycles. The van der Waals surface area contributed by atoms with Crippen molar-refractivity contribution in [1.29, 1.82) is 0 Å². The van der Waals surface area contributed by atoms with Crippen LogP contribution in [0.15, 0.2) is 54.7 Å². The first kappa shape index (κ1) is 48.6. The van der Waals surface area contributed by atoms with Gasteiger partial charge in [-0.15, -0.1) is 0 Å². The molecule has 7 N–H and O–H groups in total. The van der Waals surface area contributed by atoms with Gasteiger partial charge in [0.15, 0.2) is 12.4 Å². The van der Waals surface area contributed by atoms with E-state index in [1.807, 2.05) is 48.2 Å². The monoisotopic (exact) mass is 947 g/mol. The van der Waals surface area contributed by atoms with E-state index in [-0.39, 0.29) is 67.6 Å². The first-order chi connectivity index (χ1) is 33.2. The zero-order valence-electron chi connectivity index (χ0n) is 38.8. The van der Waals surface area contributed by atoms with Gasteiger partial charge in [-0.2, -0.15) is 10.2 Å². The average Bonchev–Trinajstić information content (AvgIpc) is 4.08. The number of allylic oxidation sites excluding steroid dienone is 2. The third kappa shape index (κ3) is 10.9. The Labute approximate surface area is 394 Å². The fraction of sp³-hybridized carbons (Fsp3) is 0.348. The number of ether oxygens (including phenoxy) is 4. The van der Waals surface area contributed by atoms with Crippen LogP contribution in [-0.4, -0.2) is 119 Å². The van der Waals surface area contributed by atoms with Crippen LogP contribution >= 0.6 is 0 Å². The molecular weight excluding hydrogens is 895 g/mol. The first-order valence-corrected chi connectivity index (χ1v) is 22.1. The molecule has 0 saturated heterocycles. The van der Waals surface area contributed by atoms with Gasteiger partial charge in [-0.05, 0) is 70.5 Å². The number of aryl methyl sites for hydroxylation is 4. The molecule has 0 aliphatic heterocycles. The van der Waals surface area contributed by atoms with Crippen LogP contribution in [0.25, 0.3) is 44.5 Å². The van der Waals surface area contributed by atoms with Crippen LogP contribution < -0.4 is 31.6 Å². The summed E-state index contributed by atoms with van der Waals surface area (Å²) in [7, 11) is 1.60. The van der Waals surface area contributed by atoms with E-state index in [1.54, 1.807) is 47.7 Å². The Morgan fingerprint density at radius 2 is 1.42 bits per heavy atom. The molecule has 5 heterocycles. The standard InChI is InChI=1S/C46H53N13O10/c1-6-58-33(18-26(3)54-58)42-50-24-31-30-20-28(40(47)62)22-35(68-17-11-15-66-5)38(30)56(43(31)52-42)13-8-9-14-57-39-32(51-45(57)53-44(64)34-19-27(4)55-59(34)7-2)21-29(41(48)63)23-36(39)67-16-10-12-49-46(65)69-25-37(60)61/h8-9,18-24H,6-7,10-17,25H2,1-5H3,(H2,47,62)(H2,48,63)(H,49,65)(H,60,61)(H,51,53,64). The van der Waals surface area contributed by atoms with E-state index in [4.69, 9.17) is 45.7 Å². The lowest BCUT2D eigenvalue weighted by Gasteiger charge is -2.13.